The number of thiophene rings is 1. The minimum absolute atomic E-state index is 0.0407. The zero-order chi connectivity index (χ0) is 22.7. The topological polar surface area (TPSA) is 124 Å². The number of hydrogen-bond acceptors (Lipinski definition) is 7. The lowest BCUT2D eigenvalue weighted by Gasteiger charge is -2.17. The number of aromatic nitrogens is 2. The van der Waals surface area contributed by atoms with Gasteiger partial charge in [0.2, 0.25) is 11.8 Å². The smallest absolute Gasteiger partial charge is 0.265 e. The molecule has 3 heterocycles. The van der Waals surface area contributed by atoms with Crippen molar-refractivity contribution >= 4 is 22.9 Å². The van der Waals surface area contributed by atoms with Gasteiger partial charge in [0.15, 0.2) is 11.5 Å². The number of aromatic hydroxyl groups is 3. The average Bonchev–Trinajstić information content (AvgIpc) is 3.30. The van der Waals surface area contributed by atoms with Crippen LogP contribution >= 0.6 is 11.3 Å². The Kier molecular flexibility index (Phi) is 6.09. The van der Waals surface area contributed by atoms with Gasteiger partial charge in [-0.05, 0) is 58.6 Å². The lowest BCUT2D eigenvalue weighted by molar-refractivity contribution is -0.121. The monoisotopic (exact) mass is 451 g/mol. The van der Waals surface area contributed by atoms with E-state index >= 15 is 0 Å². The number of amides is 1. The van der Waals surface area contributed by atoms with E-state index in [-0.39, 0.29) is 35.3 Å². The van der Waals surface area contributed by atoms with Crippen molar-refractivity contribution in [3.63, 3.8) is 0 Å². The van der Waals surface area contributed by atoms with E-state index in [1.165, 1.54) is 27.9 Å². The van der Waals surface area contributed by atoms with E-state index < -0.39 is 11.5 Å². The second kappa shape index (κ2) is 9.11. The van der Waals surface area contributed by atoms with Crippen LogP contribution in [0.25, 0.3) is 5.65 Å². The van der Waals surface area contributed by atoms with Gasteiger partial charge in [-0.3, -0.25) is 14.0 Å². The molecule has 1 atom stereocenters. The van der Waals surface area contributed by atoms with Crippen LogP contribution in [0.1, 0.15) is 29.0 Å². The summed E-state index contributed by atoms with van der Waals surface area (Å²) in [6, 6.07) is 11.4. The van der Waals surface area contributed by atoms with Crippen molar-refractivity contribution in [1.82, 2.24) is 14.7 Å². The molecule has 0 fully saturated rings. The molecule has 0 saturated carbocycles. The summed E-state index contributed by atoms with van der Waals surface area (Å²) in [6.07, 6.45) is 1.99. The van der Waals surface area contributed by atoms with E-state index in [1.54, 1.807) is 30.5 Å². The molecule has 0 saturated heterocycles. The van der Waals surface area contributed by atoms with Crippen molar-refractivity contribution in [2.75, 3.05) is 6.54 Å². The van der Waals surface area contributed by atoms with Gasteiger partial charge in [0, 0.05) is 25.1 Å². The standard InChI is InChI=1S/C23H21N3O5S/c27-17-5-4-14(11-18(17)28)6-8-24-20(29)12-16(15-7-10-32-13-15)21-22(30)25-19-3-1-2-9-26(19)23(21)31/h1-5,7,9-11,13,16,27-28,30H,6,8,12H2,(H,24,29). The normalized spacial score (nSPS) is 12.0. The summed E-state index contributed by atoms with van der Waals surface area (Å²) in [5, 5.41) is 36.0. The molecule has 8 nitrogen and oxygen atoms in total. The van der Waals surface area contributed by atoms with Crippen LogP contribution in [0.2, 0.25) is 0 Å². The van der Waals surface area contributed by atoms with Crippen molar-refractivity contribution in [2.24, 2.45) is 0 Å². The van der Waals surface area contributed by atoms with E-state index in [1.807, 2.05) is 16.8 Å². The van der Waals surface area contributed by atoms with Crippen LogP contribution in [0.5, 0.6) is 17.4 Å². The first-order valence-corrected chi connectivity index (χ1v) is 10.9. The molecule has 1 aromatic carbocycles. The summed E-state index contributed by atoms with van der Waals surface area (Å²) in [5.41, 5.74) is 1.48. The second-order valence-electron chi connectivity index (χ2n) is 7.32. The Morgan fingerprint density at radius 2 is 1.97 bits per heavy atom. The largest absolute Gasteiger partial charge is 0.504 e. The highest BCUT2D eigenvalue weighted by molar-refractivity contribution is 7.08. The summed E-state index contributed by atoms with van der Waals surface area (Å²) in [4.78, 5) is 30.0. The molecular formula is C23H21N3O5S. The molecule has 0 aliphatic heterocycles. The van der Waals surface area contributed by atoms with Crippen molar-refractivity contribution in [1.29, 1.82) is 0 Å². The lowest BCUT2D eigenvalue weighted by atomic mass is 9.91. The van der Waals surface area contributed by atoms with Crippen LogP contribution in [0.4, 0.5) is 0 Å². The van der Waals surface area contributed by atoms with Crippen LogP contribution in [0.15, 0.2) is 64.2 Å². The number of rotatable bonds is 7. The number of carbonyl (C=O) groups is 1. The number of pyridine rings is 1. The highest BCUT2D eigenvalue weighted by atomic mass is 32.1. The first-order chi connectivity index (χ1) is 15.4. The highest BCUT2D eigenvalue weighted by Crippen LogP contribution is 2.32. The third-order valence-electron chi connectivity index (χ3n) is 5.21. The predicted molar refractivity (Wildman–Crippen MR) is 120 cm³/mol. The van der Waals surface area contributed by atoms with Gasteiger partial charge >= 0.3 is 0 Å². The number of benzene rings is 1. The molecule has 0 bridgehead atoms. The highest BCUT2D eigenvalue weighted by Gasteiger charge is 2.26. The average molecular weight is 452 g/mol. The number of nitrogens with one attached hydrogen (secondary N) is 1. The Morgan fingerprint density at radius 3 is 2.72 bits per heavy atom. The molecule has 0 radical (unpaired) electrons. The Hall–Kier alpha value is -3.85. The fourth-order valence-electron chi connectivity index (χ4n) is 3.58. The molecule has 4 aromatic rings. The molecule has 9 heteroatoms. The van der Waals surface area contributed by atoms with Gasteiger partial charge in [0.05, 0.1) is 5.56 Å². The van der Waals surface area contributed by atoms with Gasteiger partial charge in [0.1, 0.15) is 5.65 Å². The van der Waals surface area contributed by atoms with E-state index in [4.69, 9.17) is 0 Å². The quantitative estimate of drug-likeness (QED) is 0.320. The Labute approximate surface area is 187 Å². The Balaban J connectivity index is 1.55. The number of phenolic OH excluding ortho intramolecular Hbond substituents is 2. The summed E-state index contributed by atoms with van der Waals surface area (Å²) in [7, 11) is 0. The van der Waals surface area contributed by atoms with Crippen LogP contribution in [-0.4, -0.2) is 37.2 Å². The van der Waals surface area contributed by atoms with Gasteiger partial charge in [0.25, 0.3) is 5.56 Å². The van der Waals surface area contributed by atoms with E-state index in [0.717, 1.165) is 11.1 Å². The van der Waals surface area contributed by atoms with Gasteiger partial charge in [-0.1, -0.05) is 12.1 Å². The molecule has 1 amide bonds. The lowest BCUT2D eigenvalue weighted by Crippen LogP contribution is -2.30. The van der Waals surface area contributed by atoms with Crippen LogP contribution in [0.3, 0.4) is 0 Å². The molecule has 0 aliphatic rings. The fraction of sp³-hybridized carbons (Fsp3) is 0.174. The van der Waals surface area contributed by atoms with Crippen LogP contribution in [-0.2, 0) is 11.2 Å². The van der Waals surface area contributed by atoms with E-state index in [2.05, 4.69) is 10.3 Å². The molecule has 0 spiro atoms. The second-order valence-corrected chi connectivity index (χ2v) is 8.10. The summed E-state index contributed by atoms with van der Waals surface area (Å²) in [6.45, 7) is 0.306. The maximum absolute atomic E-state index is 13.1. The van der Waals surface area contributed by atoms with Crippen LogP contribution < -0.4 is 10.9 Å². The molecule has 0 aliphatic carbocycles. The maximum Gasteiger partial charge on any atom is 0.265 e. The Morgan fingerprint density at radius 1 is 1.12 bits per heavy atom. The SMILES string of the molecule is O=C(CC(c1ccsc1)c1c(O)nc2ccccn2c1=O)NCCc1ccc(O)c(O)c1. The molecule has 164 valence electrons. The molecule has 3 aromatic heterocycles. The fourth-order valence-corrected chi connectivity index (χ4v) is 4.30. The van der Waals surface area contributed by atoms with Gasteiger partial charge in [-0.25, -0.2) is 0 Å². The van der Waals surface area contributed by atoms with E-state index in [0.29, 0.717) is 18.6 Å². The maximum atomic E-state index is 13.1. The van der Waals surface area contributed by atoms with Gasteiger partial charge in [-0.2, -0.15) is 16.3 Å². The first-order valence-electron chi connectivity index (χ1n) is 9.94. The predicted octanol–water partition coefficient (Wildman–Crippen LogP) is 2.75. The van der Waals surface area contributed by atoms with Crippen molar-refractivity contribution < 1.29 is 20.1 Å². The molecular weight excluding hydrogens is 430 g/mol. The number of phenols is 2. The van der Waals surface area contributed by atoms with Crippen molar-refractivity contribution in [3.8, 4) is 17.4 Å². The van der Waals surface area contributed by atoms with Crippen LogP contribution in [0, 0.1) is 0 Å². The molecule has 1 unspecified atom stereocenters. The minimum Gasteiger partial charge on any atom is -0.504 e. The number of carbonyl (C=O) groups excluding carboxylic acids is 1. The zero-order valence-electron chi connectivity index (χ0n) is 16.9. The van der Waals surface area contributed by atoms with Crippen molar-refractivity contribution in [3.05, 3.63) is 86.5 Å². The summed E-state index contributed by atoms with van der Waals surface area (Å²) < 4.78 is 1.35. The Bertz CT molecular complexity index is 1320. The number of fused-ring (bicyclic) bond motifs is 1. The summed E-state index contributed by atoms with van der Waals surface area (Å²) >= 11 is 1.44. The summed E-state index contributed by atoms with van der Waals surface area (Å²) in [5.74, 6) is -1.75. The third kappa shape index (κ3) is 4.42. The minimum atomic E-state index is -0.656. The third-order valence-corrected chi connectivity index (χ3v) is 5.91. The molecule has 4 N–H and O–H groups in total. The van der Waals surface area contributed by atoms with Gasteiger partial charge < -0.3 is 20.6 Å². The number of hydrogen-bond donors (Lipinski definition) is 4. The zero-order valence-corrected chi connectivity index (χ0v) is 17.7. The molecule has 4 rings (SSSR count). The van der Waals surface area contributed by atoms with Crippen molar-refractivity contribution in [2.45, 2.75) is 18.8 Å². The molecule has 32 heavy (non-hydrogen) atoms. The van der Waals surface area contributed by atoms with Gasteiger partial charge in [-0.15, -0.1) is 0 Å². The number of nitrogens with zero attached hydrogens (tertiary/aromatic N) is 2. The van der Waals surface area contributed by atoms with E-state index in [9.17, 15) is 24.9 Å². The first kappa shape index (κ1) is 21.4.